The molecule has 5 nitrogen and oxygen atoms in total. The molecule has 2 N–H and O–H groups in total. The molecule has 0 saturated carbocycles. The average molecular weight is 430 g/mol. The van der Waals surface area contributed by atoms with E-state index >= 15 is 0 Å². The number of rotatable bonds is 9. The highest BCUT2D eigenvalue weighted by molar-refractivity contribution is 9.10. The van der Waals surface area contributed by atoms with Crippen molar-refractivity contribution in [2.75, 3.05) is 32.8 Å². The number of halogens is 1. The second kappa shape index (κ2) is 11.4. The average Bonchev–Trinajstić information content (AvgIpc) is 2.57. The van der Waals surface area contributed by atoms with Crippen molar-refractivity contribution in [3.63, 3.8) is 0 Å². The number of nitrogens with zero attached hydrogens (tertiary/aromatic N) is 1. The maximum atomic E-state index is 12.3. The van der Waals surface area contributed by atoms with Crippen LogP contribution in [0.15, 0.2) is 22.7 Å². The van der Waals surface area contributed by atoms with Crippen LogP contribution in [0.3, 0.4) is 0 Å². The first-order valence-electron chi connectivity index (χ1n) is 8.61. The predicted molar refractivity (Wildman–Crippen MR) is 110 cm³/mol. The molecule has 0 aliphatic carbocycles. The van der Waals surface area contributed by atoms with Crippen LogP contribution >= 0.6 is 28.1 Å². The minimum Gasteiger partial charge on any atom is -0.492 e. The van der Waals surface area contributed by atoms with Gasteiger partial charge >= 0.3 is 0 Å². The number of hydrogen-bond acceptors (Lipinski definition) is 4. The number of likely N-dealkylation sites (N-methyl/N-ethyl adjacent to an activating group) is 1. The maximum absolute atomic E-state index is 12.3. The van der Waals surface area contributed by atoms with Crippen LogP contribution in [0.25, 0.3) is 0 Å². The van der Waals surface area contributed by atoms with Crippen molar-refractivity contribution in [2.24, 2.45) is 5.92 Å². The van der Waals surface area contributed by atoms with E-state index < -0.39 is 0 Å². The molecule has 0 radical (unpaired) electrons. The molecule has 1 rings (SSSR count). The molecule has 140 valence electrons. The fourth-order valence-electron chi connectivity index (χ4n) is 2.10. The van der Waals surface area contributed by atoms with Gasteiger partial charge in [0, 0.05) is 18.7 Å². The minimum atomic E-state index is -0.239. The fraction of sp³-hybridized carbons (Fsp3) is 0.556. The number of nitrogens with one attached hydrogen (secondary N) is 2. The van der Waals surface area contributed by atoms with E-state index in [0.717, 1.165) is 29.9 Å². The smallest absolute Gasteiger partial charge is 0.257 e. The Balaban J connectivity index is 2.51. The summed E-state index contributed by atoms with van der Waals surface area (Å²) in [6.07, 6.45) is 0. The van der Waals surface area contributed by atoms with Crippen LogP contribution in [0, 0.1) is 5.92 Å². The standard InChI is InChI=1S/C18H28BrN3O2S/c1-5-22(6-2)10-9-20-18(25)21-17(23)14-7-8-16(15(19)11-14)24-12-13(3)4/h7-8,11,13H,5-6,9-10,12H2,1-4H3,(H2,20,21,23,25). The summed E-state index contributed by atoms with van der Waals surface area (Å²) in [6, 6.07) is 5.26. The van der Waals surface area contributed by atoms with Crippen molar-refractivity contribution >= 4 is 39.2 Å². The zero-order valence-corrected chi connectivity index (χ0v) is 17.8. The third-order valence-electron chi connectivity index (χ3n) is 3.60. The first-order valence-corrected chi connectivity index (χ1v) is 9.81. The van der Waals surface area contributed by atoms with E-state index in [4.69, 9.17) is 17.0 Å². The van der Waals surface area contributed by atoms with Gasteiger partial charge in [-0.15, -0.1) is 0 Å². The normalized spacial score (nSPS) is 10.8. The van der Waals surface area contributed by atoms with Gasteiger partial charge in [-0.25, -0.2) is 0 Å². The third kappa shape index (κ3) is 8.16. The summed E-state index contributed by atoms with van der Waals surface area (Å²) >= 11 is 8.63. The summed E-state index contributed by atoms with van der Waals surface area (Å²) in [4.78, 5) is 14.6. The lowest BCUT2D eigenvalue weighted by Crippen LogP contribution is -2.42. The topological polar surface area (TPSA) is 53.6 Å². The lowest BCUT2D eigenvalue weighted by Gasteiger charge is -2.18. The number of hydrogen-bond donors (Lipinski definition) is 2. The Bertz CT molecular complexity index is 577. The molecule has 1 aromatic rings. The van der Waals surface area contributed by atoms with Crippen LogP contribution in [-0.2, 0) is 0 Å². The van der Waals surface area contributed by atoms with Gasteiger partial charge < -0.3 is 15.0 Å². The first kappa shape index (κ1) is 21.9. The van der Waals surface area contributed by atoms with Gasteiger partial charge in [0.25, 0.3) is 5.91 Å². The van der Waals surface area contributed by atoms with E-state index in [-0.39, 0.29) is 5.91 Å². The summed E-state index contributed by atoms with van der Waals surface area (Å²) < 4.78 is 6.44. The van der Waals surface area contributed by atoms with Gasteiger partial charge in [0.2, 0.25) is 0 Å². The van der Waals surface area contributed by atoms with E-state index in [1.54, 1.807) is 18.2 Å². The second-order valence-corrected chi connectivity index (χ2v) is 7.35. The molecule has 1 amide bonds. The summed E-state index contributed by atoms with van der Waals surface area (Å²) in [6.45, 7) is 12.6. The number of carbonyl (C=O) groups is 1. The molecule has 0 aliphatic heterocycles. The molecule has 0 bridgehead atoms. The minimum absolute atomic E-state index is 0.239. The van der Waals surface area contributed by atoms with Crippen LogP contribution in [0.5, 0.6) is 5.75 Å². The Morgan fingerprint density at radius 1 is 1.32 bits per heavy atom. The summed E-state index contributed by atoms with van der Waals surface area (Å²) in [5.74, 6) is 0.927. The fourth-order valence-corrected chi connectivity index (χ4v) is 2.79. The number of ether oxygens (including phenoxy) is 1. The largest absolute Gasteiger partial charge is 0.492 e. The Morgan fingerprint density at radius 3 is 2.56 bits per heavy atom. The molecule has 0 aromatic heterocycles. The number of thiocarbonyl (C=S) groups is 1. The van der Waals surface area contributed by atoms with Crippen molar-refractivity contribution in [1.29, 1.82) is 0 Å². The molecule has 0 aliphatic rings. The molecule has 25 heavy (non-hydrogen) atoms. The molecule has 7 heteroatoms. The highest BCUT2D eigenvalue weighted by Gasteiger charge is 2.11. The van der Waals surface area contributed by atoms with Crippen LogP contribution < -0.4 is 15.4 Å². The molecule has 0 fully saturated rings. The van der Waals surface area contributed by atoms with E-state index in [1.165, 1.54) is 0 Å². The highest BCUT2D eigenvalue weighted by atomic mass is 79.9. The molecular weight excluding hydrogens is 402 g/mol. The van der Waals surface area contributed by atoms with E-state index in [2.05, 4.69) is 59.2 Å². The van der Waals surface area contributed by atoms with Gasteiger partial charge in [-0.1, -0.05) is 27.7 Å². The molecule has 0 atom stereocenters. The van der Waals surface area contributed by atoms with Crippen LogP contribution in [0.2, 0.25) is 0 Å². The van der Waals surface area contributed by atoms with Crippen LogP contribution in [0.4, 0.5) is 0 Å². The van der Waals surface area contributed by atoms with Gasteiger partial charge in [0.15, 0.2) is 5.11 Å². The van der Waals surface area contributed by atoms with E-state index in [9.17, 15) is 4.79 Å². The Morgan fingerprint density at radius 2 is 2.00 bits per heavy atom. The van der Waals surface area contributed by atoms with Crippen LogP contribution in [-0.4, -0.2) is 48.7 Å². The zero-order chi connectivity index (χ0) is 18.8. The monoisotopic (exact) mass is 429 g/mol. The molecular formula is C18H28BrN3O2S. The molecule has 0 unspecified atom stereocenters. The van der Waals surface area contributed by atoms with Crippen molar-refractivity contribution in [2.45, 2.75) is 27.7 Å². The van der Waals surface area contributed by atoms with Crippen molar-refractivity contribution in [3.05, 3.63) is 28.2 Å². The number of carbonyl (C=O) groups excluding carboxylic acids is 1. The lowest BCUT2D eigenvalue weighted by molar-refractivity contribution is 0.0976. The maximum Gasteiger partial charge on any atom is 0.257 e. The summed E-state index contributed by atoms with van der Waals surface area (Å²) in [5, 5.41) is 6.11. The molecule has 0 saturated heterocycles. The summed E-state index contributed by atoms with van der Waals surface area (Å²) in [7, 11) is 0. The van der Waals surface area contributed by atoms with Crippen molar-refractivity contribution in [3.8, 4) is 5.75 Å². The number of amides is 1. The number of benzene rings is 1. The predicted octanol–water partition coefficient (Wildman–Crippen LogP) is 3.43. The lowest BCUT2D eigenvalue weighted by atomic mass is 10.2. The summed E-state index contributed by atoms with van der Waals surface area (Å²) in [5.41, 5.74) is 0.525. The van der Waals surface area contributed by atoms with Gasteiger partial charge in [-0.3, -0.25) is 10.1 Å². The first-order chi connectivity index (χ1) is 11.9. The van der Waals surface area contributed by atoms with E-state index in [0.29, 0.717) is 29.7 Å². The highest BCUT2D eigenvalue weighted by Crippen LogP contribution is 2.26. The van der Waals surface area contributed by atoms with Gasteiger partial charge in [-0.05, 0) is 65.4 Å². The van der Waals surface area contributed by atoms with Gasteiger partial charge in [-0.2, -0.15) is 0 Å². The van der Waals surface area contributed by atoms with Crippen molar-refractivity contribution in [1.82, 2.24) is 15.5 Å². The zero-order valence-electron chi connectivity index (χ0n) is 15.4. The van der Waals surface area contributed by atoms with Crippen LogP contribution in [0.1, 0.15) is 38.1 Å². The molecule has 1 aromatic carbocycles. The van der Waals surface area contributed by atoms with Gasteiger partial charge in [0.1, 0.15) is 5.75 Å². The molecule has 0 spiro atoms. The Hall–Kier alpha value is -1.18. The Kier molecular flexibility index (Phi) is 10.0. The van der Waals surface area contributed by atoms with Crippen molar-refractivity contribution < 1.29 is 9.53 Å². The quantitative estimate of drug-likeness (QED) is 0.588. The second-order valence-electron chi connectivity index (χ2n) is 6.09. The Labute approximate surface area is 164 Å². The molecule has 0 heterocycles. The third-order valence-corrected chi connectivity index (χ3v) is 4.47. The van der Waals surface area contributed by atoms with Gasteiger partial charge in [0.05, 0.1) is 11.1 Å². The van der Waals surface area contributed by atoms with E-state index in [1.807, 2.05) is 0 Å². The SMILES string of the molecule is CCN(CC)CCNC(=S)NC(=O)c1ccc(OCC(C)C)c(Br)c1.